The topological polar surface area (TPSA) is 85.1 Å². The zero-order chi connectivity index (χ0) is 13.1. The third-order valence-corrected chi connectivity index (χ3v) is 3.43. The molecule has 2 atom stereocenters. The van der Waals surface area contributed by atoms with Gasteiger partial charge >= 0.3 is 0 Å². The van der Waals surface area contributed by atoms with Crippen LogP contribution >= 0.6 is 0 Å². The Labute approximate surface area is 107 Å². The number of nitrogens with zero attached hydrogens (tertiary/aromatic N) is 2. The van der Waals surface area contributed by atoms with Crippen molar-refractivity contribution in [3.63, 3.8) is 0 Å². The highest BCUT2D eigenvalue weighted by atomic mass is 16.5. The van der Waals surface area contributed by atoms with Gasteiger partial charge in [-0.05, 0) is 27.2 Å². The fourth-order valence-electron chi connectivity index (χ4n) is 2.19. The van der Waals surface area contributed by atoms with Crippen LogP contribution in [-0.4, -0.2) is 29.2 Å². The lowest BCUT2D eigenvalue weighted by Crippen LogP contribution is -2.27. The van der Waals surface area contributed by atoms with Crippen molar-refractivity contribution in [2.24, 2.45) is 11.8 Å². The van der Waals surface area contributed by atoms with Crippen LogP contribution in [0.5, 0.6) is 0 Å². The Morgan fingerprint density at radius 3 is 2.67 bits per heavy atom. The average molecular weight is 251 g/mol. The maximum atomic E-state index is 5.45. The Morgan fingerprint density at radius 1 is 1.33 bits per heavy atom. The van der Waals surface area contributed by atoms with Crippen LogP contribution in [0.25, 0.3) is 0 Å². The zero-order valence-corrected chi connectivity index (χ0v) is 11.2. The summed E-state index contributed by atoms with van der Waals surface area (Å²) < 4.78 is 5.41. The minimum absolute atomic E-state index is 0.325. The average Bonchev–Trinajstić information content (AvgIpc) is 2.87. The number of aryl methyl sites for hydroxylation is 1. The number of nitrogens with two attached hydrogens (primary N) is 1. The summed E-state index contributed by atoms with van der Waals surface area (Å²) in [5.41, 5.74) is 3.54. The molecule has 0 bridgehead atoms. The number of hydrazine groups is 1. The van der Waals surface area contributed by atoms with Gasteiger partial charge < -0.3 is 15.5 Å². The van der Waals surface area contributed by atoms with Crippen molar-refractivity contribution in [2.75, 3.05) is 24.0 Å². The predicted octanol–water partition coefficient (Wildman–Crippen LogP) is 1.22. The van der Waals surface area contributed by atoms with Gasteiger partial charge in [0.25, 0.3) is 0 Å². The molecule has 1 aromatic rings. The highest BCUT2D eigenvalue weighted by Gasteiger charge is 2.23. The molecular formula is C12H21N5O. The van der Waals surface area contributed by atoms with Gasteiger partial charge in [0.2, 0.25) is 0 Å². The number of nitrogens with one attached hydrogen (secondary N) is 2. The van der Waals surface area contributed by atoms with Crippen molar-refractivity contribution in [1.82, 2.24) is 9.97 Å². The summed E-state index contributed by atoms with van der Waals surface area (Å²) in [4.78, 5) is 8.68. The second kappa shape index (κ2) is 5.49. The summed E-state index contributed by atoms with van der Waals surface area (Å²) >= 11 is 0. The van der Waals surface area contributed by atoms with Crippen molar-refractivity contribution >= 4 is 11.6 Å². The molecule has 18 heavy (non-hydrogen) atoms. The van der Waals surface area contributed by atoms with E-state index >= 15 is 0 Å². The van der Waals surface area contributed by atoms with E-state index in [2.05, 4.69) is 27.6 Å². The largest absolute Gasteiger partial charge is 0.381 e. The van der Waals surface area contributed by atoms with E-state index in [-0.39, 0.29) is 0 Å². The van der Waals surface area contributed by atoms with Crippen molar-refractivity contribution in [3.8, 4) is 0 Å². The molecule has 0 amide bonds. The van der Waals surface area contributed by atoms with Gasteiger partial charge in [0.15, 0.2) is 0 Å². The molecule has 1 aliphatic heterocycles. The molecule has 0 spiro atoms. The molecule has 6 heteroatoms. The van der Waals surface area contributed by atoms with E-state index in [1.807, 2.05) is 13.8 Å². The van der Waals surface area contributed by atoms with Crippen LogP contribution in [-0.2, 0) is 4.74 Å². The Balaban J connectivity index is 2.14. The van der Waals surface area contributed by atoms with Crippen LogP contribution in [0.4, 0.5) is 11.6 Å². The van der Waals surface area contributed by atoms with Gasteiger partial charge in [-0.3, -0.25) is 0 Å². The van der Waals surface area contributed by atoms with Crippen LogP contribution in [0.1, 0.15) is 24.7 Å². The molecule has 1 fully saturated rings. The molecule has 100 valence electrons. The zero-order valence-electron chi connectivity index (χ0n) is 11.2. The van der Waals surface area contributed by atoms with Crippen LogP contribution in [0.3, 0.4) is 0 Å². The Morgan fingerprint density at radius 2 is 2.06 bits per heavy atom. The number of anilines is 2. The summed E-state index contributed by atoms with van der Waals surface area (Å²) in [6.07, 6.45) is 1.10. The van der Waals surface area contributed by atoms with Gasteiger partial charge in [0.05, 0.1) is 6.61 Å². The molecule has 4 N–H and O–H groups in total. The lowest BCUT2D eigenvalue weighted by molar-refractivity contribution is 0.183. The molecule has 0 aromatic carbocycles. The fourth-order valence-corrected chi connectivity index (χ4v) is 2.19. The van der Waals surface area contributed by atoms with E-state index in [0.717, 1.165) is 31.0 Å². The van der Waals surface area contributed by atoms with Crippen molar-refractivity contribution in [1.29, 1.82) is 0 Å². The quantitative estimate of drug-likeness (QED) is 0.551. The van der Waals surface area contributed by atoms with E-state index < -0.39 is 0 Å². The summed E-state index contributed by atoms with van der Waals surface area (Å²) in [5, 5.41) is 3.44. The minimum atomic E-state index is 0.325. The number of rotatable bonds is 4. The fraction of sp³-hybridized carbons (Fsp3) is 0.667. The summed E-state index contributed by atoms with van der Waals surface area (Å²) in [6.45, 7) is 7.64. The minimum Gasteiger partial charge on any atom is -0.381 e. The summed E-state index contributed by atoms with van der Waals surface area (Å²) in [7, 11) is 0. The molecule has 1 saturated heterocycles. The number of aromatic nitrogens is 2. The Bertz CT molecular complexity index is 417. The second-order valence-electron chi connectivity index (χ2n) is 4.79. The first-order valence-electron chi connectivity index (χ1n) is 6.28. The lowest BCUT2D eigenvalue weighted by Gasteiger charge is -2.21. The second-order valence-corrected chi connectivity index (χ2v) is 4.79. The first-order valence-corrected chi connectivity index (χ1v) is 6.28. The molecule has 1 aliphatic rings. The van der Waals surface area contributed by atoms with Gasteiger partial charge in [-0.2, -0.15) is 0 Å². The maximum Gasteiger partial charge on any atom is 0.148 e. The van der Waals surface area contributed by atoms with Gasteiger partial charge in [0, 0.05) is 24.1 Å². The maximum absolute atomic E-state index is 5.45. The van der Waals surface area contributed by atoms with Crippen LogP contribution in [0.15, 0.2) is 0 Å². The van der Waals surface area contributed by atoms with E-state index in [0.29, 0.717) is 23.6 Å². The molecule has 0 radical (unpaired) electrons. The van der Waals surface area contributed by atoms with Crippen LogP contribution < -0.4 is 16.6 Å². The van der Waals surface area contributed by atoms with Gasteiger partial charge in [0.1, 0.15) is 17.5 Å². The highest BCUT2D eigenvalue weighted by Crippen LogP contribution is 2.23. The van der Waals surface area contributed by atoms with E-state index in [9.17, 15) is 0 Å². The molecule has 0 saturated carbocycles. The van der Waals surface area contributed by atoms with Crippen molar-refractivity contribution < 1.29 is 4.74 Å². The standard InChI is InChI=1S/C12H21N5O/c1-7-11(15-9(3)16-12(7)17-13)14-8(2)10-4-5-18-6-10/h8,10H,4-6,13H2,1-3H3,(H2,14,15,16,17). The third-order valence-electron chi connectivity index (χ3n) is 3.43. The molecule has 2 heterocycles. The van der Waals surface area contributed by atoms with Gasteiger partial charge in [-0.15, -0.1) is 0 Å². The third kappa shape index (κ3) is 2.70. The van der Waals surface area contributed by atoms with Crippen LogP contribution in [0, 0.1) is 19.8 Å². The predicted molar refractivity (Wildman–Crippen MR) is 71.3 cm³/mol. The molecule has 2 rings (SSSR count). The SMILES string of the molecule is Cc1nc(NN)c(C)c(NC(C)C2CCOC2)n1. The normalized spacial score (nSPS) is 20.8. The number of hydrogen-bond donors (Lipinski definition) is 3. The summed E-state index contributed by atoms with van der Waals surface area (Å²) in [5.74, 6) is 8.20. The van der Waals surface area contributed by atoms with E-state index in [1.54, 1.807) is 0 Å². The van der Waals surface area contributed by atoms with E-state index in [1.165, 1.54) is 0 Å². The van der Waals surface area contributed by atoms with Gasteiger partial charge in [-0.25, -0.2) is 15.8 Å². The Kier molecular flexibility index (Phi) is 3.98. The molecule has 2 unspecified atom stereocenters. The first-order chi connectivity index (χ1) is 8.61. The highest BCUT2D eigenvalue weighted by molar-refractivity contribution is 5.57. The number of nitrogen functional groups attached to an aromatic ring is 1. The monoisotopic (exact) mass is 251 g/mol. The molecule has 0 aliphatic carbocycles. The molecule has 1 aromatic heterocycles. The van der Waals surface area contributed by atoms with Crippen LogP contribution in [0.2, 0.25) is 0 Å². The summed E-state index contributed by atoms with van der Waals surface area (Å²) in [6, 6.07) is 0.325. The number of ether oxygens (including phenoxy) is 1. The van der Waals surface area contributed by atoms with Crippen molar-refractivity contribution in [2.45, 2.75) is 33.2 Å². The first kappa shape index (κ1) is 13.0. The Hall–Kier alpha value is -1.40. The number of hydrogen-bond acceptors (Lipinski definition) is 6. The lowest BCUT2D eigenvalue weighted by atomic mass is 10.0. The smallest absolute Gasteiger partial charge is 0.148 e. The van der Waals surface area contributed by atoms with Gasteiger partial charge in [-0.1, -0.05) is 0 Å². The van der Waals surface area contributed by atoms with E-state index in [4.69, 9.17) is 10.6 Å². The van der Waals surface area contributed by atoms with Crippen molar-refractivity contribution in [3.05, 3.63) is 11.4 Å². The molecule has 6 nitrogen and oxygen atoms in total. The molecular weight excluding hydrogens is 230 g/mol.